The standard InChI is InChI=1S/C10H12N5O3/c11-8-7-9(13-3-12-8)15(4-14-7)10-6(17)1-5(2-16)18-10/h3-6,10,17H,1-2H2,(H2,11,12,13). The van der Waals surface area contributed by atoms with Crippen molar-refractivity contribution in [1.29, 1.82) is 0 Å². The molecule has 0 amide bonds. The summed E-state index contributed by atoms with van der Waals surface area (Å²) in [7, 11) is 0. The van der Waals surface area contributed by atoms with Gasteiger partial charge in [0.05, 0.1) is 12.4 Å². The van der Waals surface area contributed by atoms with Gasteiger partial charge in [0.2, 0.25) is 0 Å². The molecule has 3 unspecified atom stereocenters. The molecule has 95 valence electrons. The van der Waals surface area contributed by atoms with Crippen LogP contribution in [0.1, 0.15) is 12.6 Å². The zero-order valence-electron chi connectivity index (χ0n) is 9.43. The second kappa shape index (κ2) is 4.16. The van der Waals surface area contributed by atoms with Gasteiger partial charge >= 0.3 is 0 Å². The molecule has 8 heteroatoms. The van der Waals surface area contributed by atoms with Crippen molar-refractivity contribution in [3.63, 3.8) is 0 Å². The van der Waals surface area contributed by atoms with Gasteiger partial charge in [0.15, 0.2) is 17.7 Å². The van der Waals surface area contributed by atoms with E-state index in [1.165, 1.54) is 12.7 Å². The number of fused-ring (bicyclic) bond motifs is 1. The van der Waals surface area contributed by atoms with Gasteiger partial charge in [-0.15, -0.1) is 0 Å². The maximum atomic E-state index is 10.8. The van der Waals surface area contributed by atoms with E-state index in [1.807, 2.05) is 0 Å². The Morgan fingerprint density at radius 1 is 1.50 bits per heavy atom. The molecule has 3 atom stereocenters. The molecule has 1 aliphatic heterocycles. The summed E-state index contributed by atoms with van der Waals surface area (Å²) in [6.07, 6.45) is 1.23. The third kappa shape index (κ3) is 1.62. The number of aliphatic hydroxyl groups excluding tert-OH is 1. The molecule has 0 aromatic carbocycles. The van der Waals surface area contributed by atoms with Crippen LogP contribution in [0.5, 0.6) is 0 Å². The topological polar surface area (TPSA) is 119 Å². The number of imidazole rings is 1. The first kappa shape index (κ1) is 11.3. The number of hydrogen-bond donors (Lipinski definition) is 2. The second-order valence-electron chi connectivity index (χ2n) is 4.20. The van der Waals surface area contributed by atoms with Crippen molar-refractivity contribution in [3.8, 4) is 0 Å². The normalized spacial score (nSPS) is 28.0. The van der Waals surface area contributed by atoms with E-state index in [1.54, 1.807) is 4.57 Å². The average molecular weight is 250 g/mol. The van der Waals surface area contributed by atoms with Gasteiger partial charge in [-0.3, -0.25) is 4.57 Å². The van der Waals surface area contributed by atoms with Crippen LogP contribution in [-0.4, -0.2) is 43.4 Å². The van der Waals surface area contributed by atoms with Crippen molar-refractivity contribution in [2.24, 2.45) is 0 Å². The summed E-state index contributed by atoms with van der Waals surface area (Å²) in [5, 5.41) is 20.7. The number of hydrogen-bond acceptors (Lipinski definition) is 6. The first-order valence-electron chi connectivity index (χ1n) is 5.55. The number of aromatic nitrogens is 4. The smallest absolute Gasteiger partial charge is 0.167 e. The van der Waals surface area contributed by atoms with Gasteiger partial charge in [-0.05, 0) is 0 Å². The summed E-state index contributed by atoms with van der Waals surface area (Å²) in [5.41, 5.74) is 6.62. The Bertz CT molecular complexity index is 572. The van der Waals surface area contributed by atoms with Crippen molar-refractivity contribution in [2.75, 3.05) is 12.3 Å². The minimum atomic E-state index is -0.752. The molecule has 0 bridgehead atoms. The quantitative estimate of drug-likeness (QED) is 0.740. The molecule has 8 nitrogen and oxygen atoms in total. The highest BCUT2D eigenvalue weighted by molar-refractivity contribution is 5.81. The van der Waals surface area contributed by atoms with Gasteiger partial charge in [0.25, 0.3) is 0 Å². The van der Waals surface area contributed by atoms with E-state index in [0.717, 1.165) is 0 Å². The molecule has 1 saturated heterocycles. The summed E-state index contributed by atoms with van der Waals surface area (Å²) in [4.78, 5) is 12.0. The molecule has 1 aliphatic rings. The Morgan fingerprint density at radius 3 is 3.06 bits per heavy atom. The molecular weight excluding hydrogens is 238 g/mol. The number of nitrogen functional groups attached to an aromatic ring is 1. The van der Waals surface area contributed by atoms with Crippen molar-refractivity contribution < 1.29 is 14.9 Å². The largest absolute Gasteiger partial charge is 0.388 e. The minimum absolute atomic E-state index is 0.270. The Morgan fingerprint density at radius 2 is 2.33 bits per heavy atom. The van der Waals surface area contributed by atoms with E-state index in [2.05, 4.69) is 15.0 Å². The van der Waals surface area contributed by atoms with Crippen LogP contribution in [0.25, 0.3) is 11.2 Å². The lowest BCUT2D eigenvalue weighted by Crippen LogP contribution is -2.19. The zero-order chi connectivity index (χ0) is 12.7. The Balaban J connectivity index is 2.02. The fraction of sp³-hybridized carbons (Fsp3) is 0.500. The predicted octanol–water partition coefficient (Wildman–Crippen LogP) is -0.513. The molecule has 2 aromatic heterocycles. The summed E-state index contributed by atoms with van der Waals surface area (Å²) >= 11 is 0. The van der Waals surface area contributed by atoms with Crippen LogP contribution in [0.4, 0.5) is 5.82 Å². The Labute approximate surface area is 102 Å². The number of ether oxygens (including phenoxy) is 1. The van der Waals surface area contributed by atoms with Crippen LogP contribution in [-0.2, 0) is 9.84 Å². The molecule has 2 aromatic rings. The lowest BCUT2D eigenvalue weighted by molar-refractivity contribution is -0.0575. The second-order valence-corrected chi connectivity index (χ2v) is 4.20. The molecule has 18 heavy (non-hydrogen) atoms. The molecule has 0 aliphatic carbocycles. The molecule has 1 fully saturated rings. The SMILES string of the molecule is Nc1ncnc2c1ncn2C1OC(C[O])CC1O. The summed E-state index contributed by atoms with van der Waals surface area (Å²) in [6.45, 7) is -0.378. The number of nitrogens with zero attached hydrogens (tertiary/aromatic N) is 4. The van der Waals surface area contributed by atoms with Crippen molar-refractivity contribution in [1.82, 2.24) is 19.5 Å². The lowest BCUT2D eigenvalue weighted by atomic mass is 10.2. The summed E-state index contributed by atoms with van der Waals surface area (Å²) in [5.74, 6) is 0.270. The third-order valence-electron chi connectivity index (χ3n) is 3.01. The van der Waals surface area contributed by atoms with E-state index in [4.69, 9.17) is 10.5 Å². The highest BCUT2D eigenvalue weighted by Crippen LogP contribution is 2.31. The molecule has 0 saturated carbocycles. The maximum absolute atomic E-state index is 10.8. The Hall–Kier alpha value is -1.77. The number of anilines is 1. The Kier molecular flexibility index (Phi) is 2.62. The van der Waals surface area contributed by atoms with Gasteiger partial charge in [-0.25, -0.2) is 20.1 Å². The monoisotopic (exact) mass is 250 g/mol. The van der Waals surface area contributed by atoms with E-state index in [-0.39, 0.29) is 12.4 Å². The summed E-state index contributed by atoms with van der Waals surface area (Å²) in [6, 6.07) is 0. The van der Waals surface area contributed by atoms with Crippen LogP contribution in [0.15, 0.2) is 12.7 Å². The van der Waals surface area contributed by atoms with Crippen LogP contribution >= 0.6 is 0 Å². The van der Waals surface area contributed by atoms with E-state index >= 15 is 0 Å². The van der Waals surface area contributed by atoms with Crippen LogP contribution in [0, 0.1) is 0 Å². The molecule has 3 rings (SSSR count). The molecule has 3 N–H and O–H groups in total. The average Bonchev–Trinajstić information content (AvgIpc) is 2.93. The van der Waals surface area contributed by atoms with Gasteiger partial charge in [-0.2, -0.15) is 0 Å². The van der Waals surface area contributed by atoms with Crippen LogP contribution in [0.3, 0.4) is 0 Å². The van der Waals surface area contributed by atoms with Crippen molar-refractivity contribution in [3.05, 3.63) is 12.7 Å². The lowest BCUT2D eigenvalue weighted by Gasteiger charge is -2.16. The highest BCUT2D eigenvalue weighted by atomic mass is 16.5. The van der Waals surface area contributed by atoms with E-state index in [9.17, 15) is 10.2 Å². The van der Waals surface area contributed by atoms with Gasteiger partial charge < -0.3 is 15.6 Å². The fourth-order valence-corrected chi connectivity index (χ4v) is 2.14. The molecule has 1 radical (unpaired) electrons. The van der Waals surface area contributed by atoms with Gasteiger partial charge in [-0.1, -0.05) is 0 Å². The first-order chi connectivity index (χ1) is 8.70. The van der Waals surface area contributed by atoms with E-state index in [0.29, 0.717) is 17.6 Å². The van der Waals surface area contributed by atoms with Crippen molar-refractivity contribution >= 4 is 17.0 Å². The van der Waals surface area contributed by atoms with Gasteiger partial charge in [0, 0.05) is 6.42 Å². The van der Waals surface area contributed by atoms with Crippen LogP contribution < -0.4 is 5.73 Å². The van der Waals surface area contributed by atoms with Crippen molar-refractivity contribution in [2.45, 2.75) is 24.9 Å². The fourth-order valence-electron chi connectivity index (χ4n) is 2.14. The zero-order valence-corrected chi connectivity index (χ0v) is 9.43. The third-order valence-corrected chi connectivity index (χ3v) is 3.01. The molecule has 0 spiro atoms. The molecule has 3 heterocycles. The van der Waals surface area contributed by atoms with Crippen LogP contribution in [0.2, 0.25) is 0 Å². The van der Waals surface area contributed by atoms with Gasteiger partial charge in [0.1, 0.15) is 24.6 Å². The predicted molar refractivity (Wildman–Crippen MR) is 59.8 cm³/mol. The number of nitrogens with two attached hydrogens (primary N) is 1. The number of aliphatic hydroxyl groups is 1. The molecular formula is C10H12N5O3. The highest BCUT2D eigenvalue weighted by Gasteiger charge is 2.36. The minimum Gasteiger partial charge on any atom is -0.388 e. The maximum Gasteiger partial charge on any atom is 0.167 e. The summed E-state index contributed by atoms with van der Waals surface area (Å²) < 4.78 is 7.05. The van der Waals surface area contributed by atoms with E-state index < -0.39 is 18.4 Å². The number of rotatable bonds is 2. The first-order valence-corrected chi connectivity index (χ1v) is 5.55.